The van der Waals surface area contributed by atoms with Crippen LogP contribution in [0.5, 0.6) is 0 Å². The molecule has 6 nitrogen and oxygen atoms in total. The highest BCUT2D eigenvalue weighted by Gasteiger charge is 2.23. The first-order chi connectivity index (χ1) is 27.0. The van der Waals surface area contributed by atoms with E-state index in [9.17, 15) is 0 Å². The fourth-order valence-corrected chi connectivity index (χ4v) is 8.36. The Hall–Kier alpha value is -7.18. The molecule has 10 rings (SSSR count). The van der Waals surface area contributed by atoms with Crippen LogP contribution in [-0.4, -0.2) is 19.3 Å². The zero-order valence-electron chi connectivity index (χ0n) is 30.9. The molecule has 0 saturated carbocycles. The van der Waals surface area contributed by atoms with Gasteiger partial charge < -0.3 is 9.80 Å². The monoisotopic (exact) mass is 710 g/mol. The van der Waals surface area contributed by atoms with E-state index >= 15 is 0 Å². The van der Waals surface area contributed by atoms with Gasteiger partial charge >= 0.3 is 0 Å². The summed E-state index contributed by atoms with van der Waals surface area (Å²) < 4.78 is 4.26. The summed E-state index contributed by atoms with van der Waals surface area (Å²) in [6.07, 6.45) is 10.3. The molecule has 1 aliphatic heterocycles. The third kappa shape index (κ3) is 5.50. The van der Waals surface area contributed by atoms with Crippen molar-refractivity contribution >= 4 is 68.1 Å². The van der Waals surface area contributed by atoms with Gasteiger partial charge in [-0.25, -0.2) is 9.67 Å². The van der Waals surface area contributed by atoms with Crippen LogP contribution in [0, 0.1) is 20.8 Å². The van der Waals surface area contributed by atoms with Crippen LogP contribution >= 0.6 is 0 Å². The number of pyridine rings is 1. The quantitative estimate of drug-likeness (QED) is 0.172. The smallest absolute Gasteiger partial charge is 0.137 e. The van der Waals surface area contributed by atoms with Gasteiger partial charge in [0.25, 0.3) is 0 Å². The van der Waals surface area contributed by atoms with Crippen LogP contribution in [0.15, 0.2) is 164 Å². The minimum atomic E-state index is 0.891. The number of aromatic nitrogens is 4. The van der Waals surface area contributed by atoms with Crippen molar-refractivity contribution in [3.63, 3.8) is 0 Å². The lowest BCUT2D eigenvalue weighted by atomic mass is 10.0. The highest BCUT2D eigenvalue weighted by atomic mass is 15.3. The predicted molar refractivity (Wildman–Crippen MR) is 228 cm³/mol. The standard InChI is InChI=1S/C49H38N6/c1-33-27-34(2)49(35(3)28-33)53(40-24-25-43-42-17-6-9-20-46(42)55(47(43)30-40)48-21-10-11-26-50-48)39-16-12-15-38(29-39)52-32-41(31-51-52)54-44-18-7-4-13-36(44)22-23-37-14-5-8-19-45(37)54/h4-32H,1-3H3. The molecule has 0 N–H and O–H groups in total. The molecular weight excluding hydrogens is 673 g/mol. The Kier molecular flexibility index (Phi) is 7.70. The Bertz CT molecular complexity index is 2860. The van der Waals surface area contributed by atoms with Gasteiger partial charge in [-0.15, -0.1) is 0 Å². The number of aryl methyl sites for hydroxylation is 3. The molecule has 0 bridgehead atoms. The van der Waals surface area contributed by atoms with Crippen LogP contribution in [0.3, 0.4) is 0 Å². The van der Waals surface area contributed by atoms with E-state index in [0.717, 1.165) is 67.8 Å². The fourth-order valence-electron chi connectivity index (χ4n) is 8.36. The summed E-state index contributed by atoms with van der Waals surface area (Å²) in [5, 5.41) is 7.35. The molecule has 3 aromatic heterocycles. The summed E-state index contributed by atoms with van der Waals surface area (Å²) in [6.45, 7) is 6.58. The summed E-state index contributed by atoms with van der Waals surface area (Å²) in [5.41, 5.74) is 15.7. The van der Waals surface area contributed by atoms with E-state index in [1.54, 1.807) is 0 Å². The van der Waals surface area contributed by atoms with E-state index in [1.165, 1.54) is 27.5 Å². The first-order valence-electron chi connectivity index (χ1n) is 18.7. The second-order valence-electron chi connectivity index (χ2n) is 14.3. The SMILES string of the molecule is Cc1cc(C)c(N(c2cccc(-n3cc(N4c5ccccc5C=Cc5ccccc54)cn3)c2)c2ccc3c4ccccc4n(-c4ccccn4)c3c2)c(C)c1. The molecule has 9 aromatic rings. The maximum absolute atomic E-state index is 4.97. The minimum absolute atomic E-state index is 0.891. The van der Waals surface area contributed by atoms with Gasteiger partial charge in [0.05, 0.1) is 51.9 Å². The molecule has 0 saturated heterocycles. The molecule has 1 aliphatic rings. The molecule has 55 heavy (non-hydrogen) atoms. The average molecular weight is 711 g/mol. The number of hydrogen-bond acceptors (Lipinski definition) is 4. The molecule has 0 fully saturated rings. The lowest BCUT2D eigenvalue weighted by Crippen LogP contribution is -2.14. The number of hydrogen-bond donors (Lipinski definition) is 0. The molecule has 6 aromatic carbocycles. The zero-order chi connectivity index (χ0) is 37.0. The van der Waals surface area contributed by atoms with Crippen LogP contribution in [0.1, 0.15) is 27.8 Å². The van der Waals surface area contributed by atoms with Crippen LogP contribution in [0.25, 0.3) is 45.5 Å². The topological polar surface area (TPSA) is 42.1 Å². The summed E-state index contributed by atoms with van der Waals surface area (Å²) in [7, 11) is 0. The summed E-state index contributed by atoms with van der Waals surface area (Å²) in [6, 6.07) is 51.8. The predicted octanol–water partition coefficient (Wildman–Crippen LogP) is 12.7. The lowest BCUT2D eigenvalue weighted by molar-refractivity contribution is 0.880. The lowest BCUT2D eigenvalue weighted by Gasteiger charge is -2.29. The van der Waals surface area contributed by atoms with Crippen molar-refractivity contribution in [2.75, 3.05) is 9.80 Å². The van der Waals surface area contributed by atoms with Crippen molar-refractivity contribution in [3.8, 4) is 11.5 Å². The highest BCUT2D eigenvalue weighted by Crippen LogP contribution is 2.44. The van der Waals surface area contributed by atoms with Gasteiger partial charge in [-0.1, -0.05) is 103 Å². The number of fused-ring (bicyclic) bond motifs is 5. The molecule has 4 heterocycles. The van der Waals surface area contributed by atoms with Crippen molar-refractivity contribution in [2.45, 2.75) is 20.8 Å². The second kappa shape index (κ2) is 13.0. The Morgan fingerprint density at radius 2 is 1.22 bits per heavy atom. The minimum Gasteiger partial charge on any atom is -0.310 e. The van der Waals surface area contributed by atoms with Crippen LogP contribution < -0.4 is 9.80 Å². The van der Waals surface area contributed by atoms with Crippen LogP contribution in [-0.2, 0) is 0 Å². The van der Waals surface area contributed by atoms with E-state index in [0.29, 0.717) is 0 Å². The van der Waals surface area contributed by atoms with Crippen LogP contribution in [0.4, 0.5) is 34.1 Å². The first kappa shape index (κ1) is 32.5. The van der Waals surface area contributed by atoms with Gasteiger partial charge in [0, 0.05) is 28.3 Å². The second-order valence-corrected chi connectivity index (χ2v) is 14.3. The van der Waals surface area contributed by atoms with E-state index in [-0.39, 0.29) is 0 Å². The molecule has 0 atom stereocenters. The normalized spacial score (nSPS) is 12.2. The summed E-state index contributed by atoms with van der Waals surface area (Å²) >= 11 is 0. The van der Waals surface area contributed by atoms with Crippen molar-refractivity contribution in [1.29, 1.82) is 0 Å². The molecule has 0 aliphatic carbocycles. The van der Waals surface area contributed by atoms with Crippen LogP contribution in [0.2, 0.25) is 0 Å². The fraction of sp³-hybridized carbons (Fsp3) is 0.0612. The molecule has 0 amide bonds. The molecule has 264 valence electrons. The van der Waals surface area contributed by atoms with Crippen molar-refractivity contribution in [2.24, 2.45) is 0 Å². The van der Waals surface area contributed by atoms with Gasteiger partial charge in [0.2, 0.25) is 0 Å². The third-order valence-corrected chi connectivity index (χ3v) is 10.6. The van der Waals surface area contributed by atoms with Crippen molar-refractivity contribution in [1.82, 2.24) is 19.3 Å². The Labute approximate surface area is 320 Å². The molecule has 0 unspecified atom stereocenters. The van der Waals surface area contributed by atoms with E-state index in [4.69, 9.17) is 10.1 Å². The molecule has 6 heteroatoms. The van der Waals surface area contributed by atoms with Gasteiger partial charge in [-0.2, -0.15) is 5.10 Å². The summed E-state index contributed by atoms with van der Waals surface area (Å²) in [4.78, 5) is 9.49. The summed E-state index contributed by atoms with van der Waals surface area (Å²) in [5.74, 6) is 0.891. The maximum Gasteiger partial charge on any atom is 0.137 e. The highest BCUT2D eigenvalue weighted by molar-refractivity contribution is 6.10. The first-order valence-corrected chi connectivity index (χ1v) is 18.7. The molecule has 0 spiro atoms. The number of anilines is 6. The van der Waals surface area contributed by atoms with E-state index < -0.39 is 0 Å². The number of benzene rings is 6. The Balaban J connectivity index is 1.13. The maximum atomic E-state index is 4.97. The van der Waals surface area contributed by atoms with Crippen molar-refractivity contribution in [3.05, 3.63) is 192 Å². The Morgan fingerprint density at radius 1 is 0.545 bits per heavy atom. The molecular formula is C49H38N6. The van der Waals surface area contributed by atoms with Gasteiger partial charge in [-0.3, -0.25) is 4.57 Å². The number of nitrogens with zero attached hydrogens (tertiary/aromatic N) is 6. The zero-order valence-corrected chi connectivity index (χ0v) is 30.9. The van der Waals surface area contributed by atoms with E-state index in [2.05, 4.69) is 187 Å². The van der Waals surface area contributed by atoms with Crippen molar-refractivity contribution < 1.29 is 0 Å². The van der Waals surface area contributed by atoms with E-state index in [1.807, 2.05) is 29.2 Å². The van der Waals surface area contributed by atoms with Gasteiger partial charge in [-0.05, 0) is 104 Å². The van der Waals surface area contributed by atoms with Gasteiger partial charge in [0.1, 0.15) is 5.82 Å². The molecule has 0 radical (unpaired) electrons. The van der Waals surface area contributed by atoms with Gasteiger partial charge in [0.15, 0.2) is 0 Å². The average Bonchev–Trinajstić information content (AvgIpc) is 3.78. The third-order valence-electron chi connectivity index (χ3n) is 10.6. The Morgan fingerprint density at radius 3 is 1.96 bits per heavy atom. The number of para-hydroxylation sites is 3. The largest absolute Gasteiger partial charge is 0.310 e. The number of rotatable bonds is 6.